The minimum atomic E-state index is -1.75. The third-order valence-electron chi connectivity index (χ3n) is 4.19. The number of aliphatic carboxylic acids is 2. The van der Waals surface area contributed by atoms with E-state index in [1.165, 1.54) is 0 Å². The smallest absolute Gasteiger partial charge is 0.345 e. The highest BCUT2D eigenvalue weighted by Crippen LogP contribution is 2.65. The zero-order chi connectivity index (χ0) is 16.3. The molecule has 0 saturated carbocycles. The Bertz CT molecular complexity index is 298. The van der Waals surface area contributed by atoms with Crippen molar-refractivity contribution < 1.29 is 25.3 Å². The van der Waals surface area contributed by atoms with Gasteiger partial charge in [-0.15, -0.1) is 0 Å². The van der Waals surface area contributed by atoms with Crippen LogP contribution in [0.1, 0.15) is 65.7 Å². The molecule has 0 fully saturated rings. The molecular formula is C16H33O5P. The Labute approximate surface area is 135 Å². The Morgan fingerprint density at radius 1 is 0.864 bits per heavy atom. The van der Waals surface area contributed by atoms with Crippen LogP contribution >= 0.6 is 7.26 Å². The fourth-order valence-corrected chi connectivity index (χ4v) is 8.36. The first kappa shape index (κ1) is 23.6. The molecule has 0 heterocycles. The summed E-state index contributed by atoms with van der Waals surface area (Å²) < 4.78 is 0. The summed E-state index contributed by atoms with van der Waals surface area (Å²) in [6.07, 6.45) is 8.79. The predicted octanol–water partition coefficient (Wildman–Crippen LogP) is 4.16. The summed E-state index contributed by atoms with van der Waals surface area (Å²) in [5.41, 5.74) is -0.653. The van der Waals surface area contributed by atoms with Gasteiger partial charge >= 0.3 is 11.9 Å². The Balaban J connectivity index is 0. The van der Waals surface area contributed by atoms with Crippen molar-refractivity contribution in [3.63, 3.8) is 0 Å². The van der Waals surface area contributed by atoms with Crippen LogP contribution in [0, 0.1) is 0 Å². The van der Waals surface area contributed by atoms with E-state index in [4.69, 9.17) is 5.11 Å². The summed E-state index contributed by atoms with van der Waals surface area (Å²) in [5, 5.41) is 18.7. The number of rotatable bonds is 13. The van der Waals surface area contributed by atoms with Crippen LogP contribution in [-0.4, -0.2) is 51.8 Å². The van der Waals surface area contributed by atoms with Gasteiger partial charge in [-0.2, -0.15) is 0 Å². The highest BCUT2D eigenvalue weighted by molar-refractivity contribution is 7.77. The monoisotopic (exact) mass is 336 g/mol. The van der Waals surface area contributed by atoms with Crippen LogP contribution in [-0.2, 0) is 9.59 Å². The Morgan fingerprint density at radius 3 is 1.45 bits per heavy atom. The van der Waals surface area contributed by atoms with Crippen molar-refractivity contribution in [2.45, 2.75) is 71.4 Å². The zero-order valence-electron chi connectivity index (χ0n) is 14.3. The molecule has 0 aliphatic heterocycles. The Kier molecular flexibility index (Phi) is 13.8. The lowest BCUT2D eigenvalue weighted by Gasteiger charge is -2.32. The third kappa shape index (κ3) is 8.09. The van der Waals surface area contributed by atoms with Crippen LogP contribution in [0.4, 0.5) is 0 Å². The van der Waals surface area contributed by atoms with E-state index in [1.807, 2.05) is 0 Å². The van der Waals surface area contributed by atoms with Crippen LogP contribution in [0.3, 0.4) is 0 Å². The molecule has 6 heteroatoms. The molecule has 0 radical (unpaired) electrons. The van der Waals surface area contributed by atoms with Crippen molar-refractivity contribution in [2.75, 3.05) is 18.5 Å². The van der Waals surface area contributed by atoms with Crippen molar-refractivity contribution >= 4 is 19.2 Å². The second kappa shape index (κ2) is 12.8. The van der Waals surface area contributed by atoms with Gasteiger partial charge in [-0.1, -0.05) is 40.0 Å². The Hall–Kier alpha value is -0.670. The van der Waals surface area contributed by atoms with Gasteiger partial charge in [0.25, 0.3) is 0 Å². The molecule has 0 bridgehead atoms. The second-order valence-corrected chi connectivity index (χ2v) is 10.3. The van der Waals surface area contributed by atoms with Crippen molar-refractivity contribution in [3.05, 3.63) is 0 Å². The van der Waals surface area contributed by atoms with Crippen LogP contribution in [0.25, 0.3) is 0 Å². The molecule has 0 aliphatic rings. The molecule has 22 heavy (non-hydrogen) atoms. The number of hydrogen-bond acceptors (Lipinski definition) is 3. The molecule has 0 saturated heterocycles. The van der Waals surface area contributed by atoms with Crippen LogP contribution in [0.2, 0.25) is 0 Å². The van der Waals surface area contributed by atoms with Gasteiger partial charge in [-0.25, -0.2) is 4.79 Å². The van der Waals surface area contributed by atoms with E-state index in [9.17, 15) is 14.7 Å². The number of carbonyl (C=O) groups is 2. The van der Waals surface area contributed by atoms with E-state index in [2.05, 4.69) is 20.8 Å². The third-order valence-corrected chi connectivity index (χ3v) is 9.53. The molecule has 0 aromatic carbocycles. The summed E-state index contributed by atoms with van der Waals surface area (Å²) in [5.74, 6) is -1.87. The lowest BCUT2D eigenvalue weighted by molar-refractivity contribution is -0.143. The molecule has 3 N–H and O–H groups in total. The molecule has 1 unspecified atom stereocenters. The van der Waals surface area contributed by atoms with Crippen LogP contribution < -0.4 is 0 Å². The number of unbranched alkanes of at least 4 members (excludes halogenated alkanes) is 3. The van der Waals surface area contributed by atoms with Crippen molar-refractivity contribution in [3.8, 4) is 0 Å². The first-order valence-corrected chi connectivity index (χ1v) is 10.6. The fraction of sp³-hybridized carbons (Fsp3) is 0.875. The lowest BCUT2D eigenvalue weighted by atomic mass is 10.3. The zero-order valence-corrected chi connectivity index (χ0v) is 15.1. The van der Waals surface area contributed by atoms with E-state index < -0.39 is 24.9 Å². The maximum atomic E-state index is 11.7. The summed E-state index contributed by atoms with van der Waals surface area (Å²) >= 11 is 0. The van der Waals surface area contributed by atoms with Gasteiger partial charge in [-0.3, -0.25) is 4.79 Å². The standard InChI is InChI=1S/C16H31O4P.H2O/c1-4-7-10-21(11-8-5-2,12-9-6-3)14(16(19)20)13-15(17)18;/h14H,4-13H2,1-3H3,(H-,17,18,19,20);1H2. The number of carboxylic acids is 2. The quantitative estimate of drug-likeness (QED) is 0.491. The van der Waals surface area contributed by atoms with Crippen LogP contribution in [0.15, 0.2) is 0 Å². The minimum absolute atomic E-state index is 0. The second-order valence-electron chi connectivity index (χ2n) is 5.90. The highest BCUT2D eigenvalue weighted by Gasteiger charge is 2.49. The van der Waals surface area contributed by atoms with Gasteiger partial charge < -0.3 is 15.7 Å². The van der Waals surface area contributed by atoms with Crippen molar-refractivity contribution in [1.82, 2.24) is 0 Å². The summed E-state index contributed by atoms with van der Waals surface area (Å²) in [4.78, 5) is 22.9. The maximum absolute atomic E-state index is 11.7. The first-order chi connectivity index (χ1) is 9.93. The highest BCUT2D eigenvalue weighted by atomic mass is 31.2. The lowest BCUT2D eigenvalue weighted by Crippen LogP contribution is -2.32. The molecular weight excluding hydrogens is 303 g/mol. The molecule has 0 aromatic rings. The SMILES string of the molecule is CCCC[P+](CCCC)(CCCC)C(CC(=O)O)C(=O)O.[OH-]. The molecule has 0 amide bonds. The number of hydrogen-bond donors (Lipinski definition) is 2. The largest absolute Gasteiger partial charge is 0.870 e. The fourth-order valence-electron chi connectivity index (χ4n) is 2.90. The van der Waals surface area contributed by atoms with Gasteiger partial charge in [0.15, 0.2) is 5.66 Å². The molecule has 5 nitrogen and oxygen atoms in total. The van der Waals surface area contributed by atoms with E-state index in [1.54, 1.807) is 0 Å². The minimum Gasteiger partial charge on any atom is -0.870 e. The topological polar surface area (TPSA) is 105 Å². The van der Waals surface area contributed by atoms with E-state index in [-0.39, 0.29) is 11.9 Å². The molecule has 132 valence electrons. The maximum Gasteiger partial charge on any atom is 0.345 e. The van der Waals surface area contributed by atoms with Crippen molar-refractivity contribution in [2.24, 2.45) is 0 Å². The predicted molar refractivity (Wildman–Crippen MR) is 91.9 cm³/mol. The molecule has 1 atom stereocenters. The first-order valence-electron chi connectivity index (χ1n) is 8.23. The van der Waals surface area contributed by atoms with Gasteiger partial charge in [0, 0.05) is 7.26 Å². The van der Waals surface area contributed by atoms with E-state index in [0.717, 1.165) is 57.0 Å². The molecule has 0 rings (SSSR count). The van der Waals surface area contributed by atoms with Gasteiger partial charge in [-0.05, 0) is 19.3 Å². The average Bonchev–Trinajstić information content (AvgIpc) is 2.44. The van der Waals surface area contributed by atoms with Gasteiger partial charge in [0.05, 0.1) is 24.9 Å². The van der Waals surface area contributed by atoms with Gasteiger partial charge in [0.1, 0.15) is 0 Å². The van der Waals surface area contributed by atoms with Gasteiger partial charge in [0.2, 0.25) is 0 Å². The summed E-state index contributed by atoms with van der Waals surface area (Å²) in [6.45, 7) is 6.34. The molecule has 0 aromatic heterocycles. The average molecular weight is 336 g/mol. The normalized spacial score (nSPS) is 12.5. The van der Waals surface area contributed by atoms with E-state index >= 15 is 0 Å². The molecule has 0 spiro atoms. The number of carboxylic acid groups (broad SMARTS) is 2. The summed E-state index contributed by atoms with van der Waals surface area (Å²) in [7, 11) is -1.75. The Morgan fingerprint density at radius 2 is 1.23 bits per heavy atom. The van der Waals surface area contributed by atoms with Crippen molar-refractivity contribution in [1.29, 1.82) is 0 Å². The molecule has 0 aliphatic carbocycles. The van der Waals surface area contributed by atoms with Crippen LogP contribution in [0.5, 0.6) is 0 Å². The summed E-state index contributed by atoms with van der Waals surface area (Å²) in [6, 6.07) is 0. The van der Waals surface area contributed by atoms with E-state index in [0.29, 0.717) is 0 Å².